The summed E-state index contributed by atoms with van der Waals surface area (Å²) in [5.41, 5.74) is 1.63. The van der Waals surface area contributed by atoms with Gasteiger partial charge in [-0.25, -0.2) is 0 Å². The Morgan fingerprint density at radius 1 is 1.19 bits per heavy atom. The maximum atomic E-state index is 12.5. The van der Waals surface area contributed by atoms with E-state index in [0.717, 1.165) is 11.1 Å². The first-order valence-corrected chi connectivity index (χ1v) is 10.5. The lowest BCUT2D eigenvalue weighted by molar-refractivity contribution is -0.384. The molecule has 0 aliphatic carbocycles. The molecule has 0 saturated carbocycles. The van der Waals surface area contributed by atoms with E-state index in [4.69, 9.17) is 22.1 Å². The van der Waals surface area contributed by atoms with Gasteiger partial charge in [-0.2, -0.15) is 0 Å². The first-order valence-electron chi connectivity index (χ1n) is 9.27. The number of amides is 1. The van der Waals surface area contributed by atoms with E-state index in [9.17, 15) is 19.7 Å². The zero-order valence-electron chi connectivity index (χ0n) is 16.2. The number of benzene rings is 2. The van der Waals surface area contributed by atoms with Crippen LogP contribution in [0.15, 0.2) is 53.4 Å². The van der Waals surface area contributed by atoms with Crippen LogP contribution in [0.5, 0.6) is 5.75 Å². The van der Waals surface area contributed by atoms with Gasteiger partial charge >= 0.3 is 5.97 Å². The molecule has 0 atom stereocenters. The van der Waals surface area contributed by atoms with Gasteiger partial charge < -0.3 is 9.84 Å². The Morgan fingerprint density at radius 2 is 1.87 bits per heavy atom. The molecule has 0 spiro atoms. The van der Waals surface area contributed by atoms with E-state index in [1.165, 1.54) is 28.8 Å². The Kier molecular flexibility index (Phi) is 7.37. The molecule has 1 amide bonds. The van der Waals surface area contributed by atoms with Crippen LogP contribution < -0.4 is 4.74 Å². The Labute approximate surface area is 187 Å². The predicted octanol–water partition coefficient (Wildman–Crippen LogP) is 4.24. The fraction of sp³-hybridized carbons (Fsp3) is 0.190. The third-order valence-electron chi connectivity index (χ3n) is 4.38. The van der Waals surface area contributed by atoms with Crippen molar-refractivity contribution in [1.82, 2.24) is 4.90 Å². The van der Waals surface area contributed by atoms with Crippen LogP contribution in [-0.4, -0.2) is 37.7 Å². The zero-order valence-corrected chi connectivity index (χ0v) is 17.9. The second kappa shape index (κ2) is 10.2. The number of nitro benzene ring substituents is 1. The second-order valence-corrected chi connectivity index (χ2v) is 8.29. The summed E-state index contributed by atoms with van der Waals surface area (Å²) in [7, 11) is 0. The van der Waals surface area contributed by atoms with Gasteiger partial charge in [-0.3, -0.25) is 24.6 Å². The number of thioether (sulfide) groups is 1. The molecule has 0 aromatic heterocycles. The maximum Gasteiger partial charge on any atom is 0.303 e. The summed E-state index contributed by atoms with van der Waals surface area (Å²) < 4.78 is 6.12. The van der Waals surface area contributed by atoms with E-state index in [1.54, 1.807) is 30.3 Å². The van der Waals surface area contributed by atoms with Crippen LogP contribution in [-0.2, 0) is 16.2 Å². The highest BCUT2D eigenvalue weighted by molar-refractivity contribution is 8.26. The molecule has 1 N–H and O–H groups in total. The van der Waals surface area contributed by atoms with Crippen molar-refractivity contribution in [2.45, 2.75) is 19.4 Å². The number of ether oxygens (including phenoxy) is 1. The van der Waals surface area contributed by atoms with Gasteiger partial charge in [-0.05, 0) is 47.9 Å². The van der Waals surface area contributed by atoms with E-state index in [0.29, 0.717) is 21.4 Å². The first kappa shape index (κ1) is 22.4. The molecule has 10 heteroatoms. The second-order valence-electron chi connectivity index (χ2n) is 6.61. The number of carboxylic acids is 1. The average molecular weight is 459 g/mol. The normalized spacial score (nSPS) is 14.8. The number of thiocarbonyl (C=S) groups is 1. The van der Waals surface area contributed by atoms with Crippen molar-refractivity contribution in [3.63, 3.8) is 0 Å². The van der Waals surface area contributed by atoms with Crippen LogP contribution in [0.1, 0.15) is 24.0 Å². The highest BCUT2D eigenvalue weighted by Gasteiger charge is 2.31. The number of carboxylic acid groups (broad SMARTS) is 1. The first-order chi connectivity index (χ1) is 14.8. The molecule has 0 radical (unpaired) electrons. The highest BCUT2D eigenvalue weighted by Crippen LogP contribution is 2.33. The Bertz CT molecular complexity index is 1030. The van der Waals surface area contributed by atoms with Gasteiger partial charge in [0.2, 0.25) is 0 Å². The minimum Gasteiger partial charge on any atom is -0.489 e. The van der Waals surface area contributed by atoms with Crippen LogP contribution in [0.3, 0.4) is 0 Å². The summed E-state index contributed by atoms with van der Waals surface area (Å²) in [5, 5.41) is 19.4. The van der Waals surface area contributed by atoms with Crippen LogP contribution in [0, 0.1) is 10.1 Å². The van der Waals surface area contributed by atoms with E-state index >= 15 is 0 Å². The summed E-state index contributed by atoms with van der Waals surface area (Å²) in [5.74, 6) is -0.507. The van der Waals surface area contributed by atoms with Crippen molar-refractivity contribution >= 4 is 51.9 Å². The Balaban J connectivity index is 1.57. The van der Waals surface area contributed by atoms with E-state index in [-0.39, 0.29) is 31.2 Å². The lowest BCUT2D eigenvalue weighted by atomic mass is 10.2. The molecule has 160 valence electrons. The molecule has 1 saturated heterocycles. The van der Waals surface area contributed by atoms with Gasteiger partial charge in [0, 0.05) is 25.1 Å². The van der Waals surface area contributed by atoms with Gasteiger partial charge in [0.15, 0.2) is 0 Å². The van der Waals surface area contributed by atoms with E-state index in [1.807, 2.05) is 12.1 Å². The average Bonchev–Trinajstić information content (AvgIpc) is 3.00. The summed E-state index contributed by atoms with van der Waals surface area (Å²) in [4.78, 5) is 35.3. The lowest BCUT2D eigenvalue weighted by Crippen LogP contribution is -2.29. The minimum atomic E-state index is -0.906. The minimum absolute atomic E-state index is 0.0164. The van der Waals surface area contributed by atoms with Crippen LogP contribution in [0.25, 0.3) is 6.08 Å². The molecule has 1 heterocycles. The van der Waals surface area contributed by atoms with Crippen LogP contribution >= 0.6 is 24.0 Å². The fourth-order valence-electron chi connectivity index (χ4n) is 2.77. The summed E-state index contributed by atoms with van der Waals surface area (Å²) in [6.07, 6.45) is 2.06. The highest BCUT2D eigenvalue weighted by atomic mass is 32.2. The van der Waals surface area contributed by atoms with Gasteiger partial charge in [0.25, 0.3) is 11.6 Å². The SMILES string of the molecule is O=C(O)CCCN1C(=O)/C(=C/c2ccc(OCc3ccc([N+](=O)[O-])cc3)cc2)SC1=S. The number of aliphatic carboxylic acids is 1. The lowest BCUT2D eigenvalue weighted by Gasteiger charge is -2.13. The Morgan fingerprint density at radius 3 is 2.48 bits per heavy atom. The van der Waals surface area contributed by atoms with E-state index in [2.05, 4.69) is 0 Å². The van der Waals surface area contributed by atoms with Crippen molar-refractivity contribution in [1.29, 1.82) is 0 Å². The summed E-state index contributed by atoms with van der Waals surface area (Å²) in [6, 6.07) is 13.3. The van der Waals surface area contributed by atoms with Gasteiger partial charge in [0.1, 0.15) is 16.7 Å². The number of hydrogen-bond donors (Lipinski definition) is 1. The van der Waals surface area contributed by atoms with Crippen molar-refractivity contribution in [3.05, 3.63) is 74.7 Å². The third kappa shape index (κ3) is 6.12. The van der Waals surface area contributed by atoms with Crippen LogP contribution in [0.4, 0.5) is 5.69 Å². The molecular formula is C21H18N2O6S2. The van der Waals surface area contributed by atoms with Crippen molar-refractivity contribution in [2.75, 3.05) is 6.54 Å². The largest absolute Gasteiger partial charge is 0.489 e. The van der Waals surface area contributed by atoms with Crippen molar-refractivity contribution in [3.8, 4) is 5.75 Å². The topological polar surface area (TPSA) is 110 Å². The molecule has 3 rings (SSSR count). The van der Waals surface area contributed by atoms with Gasteiger partial charge in [0.05, 0.1) is 9.83 Å². The van der Waals surface area contributed by atoms with Gasteiger partial charge in [-0.15, -0.1) is 0 Å². The van der Waals surface area contributed by atoms with E-state index < -0.39 is 10.9 Å². The maximum absolute atomic E-state index is 12.5. The molecule has 1 fully saturated rings. The summed E-state index contributed by atoms with van der Waals surface area (Å²) in [6.45, 7) is 0.552. The van der Waals surface area contributed by atoms with Crippen molar-refractivity contribution in [2.24, 2.45) is 0 Å². The smallest absolute Gasteiger partial charge is 0.303 e. The number of carbonyl (C=O) groups is 2. The number of hydrogen-bond acceptors (Lipinski definition) is 7. The molecule has 1 aliphatic heterocycles. The monoisotopic (exact) mass is 458 g/mol. The Hall–Kier alpha value is -3.24. The molecular weight excluding hydrogens is 440 g/mol. The zero-order chi connectivity index (χ0) is 22.4. The summed E-state index contributed by atoms with van der Waals surface area (Å²) >= 11 is 6.43. The predicted molar refractivity (Wildman–Crippen MR) is 121 cm³/mol. The van der Waals surface area contributed by atoms with Crippen LogP contribution in [0.2, 0.25) is 0 Å². The van der Waals surface area contributed by atoms with Crippen molar-refractivity contribution < 1.29 is 24.4 Å². The number of non-ortho nitro benzene ring substituents is 1. The molecule has 1 aliphatic rings. The molecule has 31 heavy (non-hydrogen) atoms. The van der Waals surface area contributed by atoms with Gasteiger partial charge in [-0.1, -0.05) is 36.1 Å². The molecule has 0 bridgehead atoms. The molecule has 0 unspecified atom stereocenters. The fourth-order valence-corrected chi connectivity index (χ4v) is 4.08. The third-order valence-corrected chi connectivity index (χ3v) is 5.75. The quantitative estimate of drug-likeness (QED) is 0.257. The molecule has 2 aromatic rings. The molecule has 2 aromatic carbocycles. The number of nitrogens with zero attached hydrogens (tertiary/aromatic N) is 2. The number of rotatable bonds is 9. The number of carbonyl (C=O) groups excluding carboxylic acids is 1. The molecule has 8 nitrogen and oxygen atoms in total. The number of nitro groups is 1. The standard InChI is InChI=1S/C21H18N2O6S2/c24-19(25)2-1-11-22-20(26)18(31-21(22)30)12-14-5-9-17(10-6-14)29-13-15-3-7-16(8-4-15)23(27)28/h3-10,12H,1-2,11,13H2,(H,24,25)/b18-12-.